The van der Waals surface area contributed by atoms with Gasteiger partial charge in [0.05, 0.1) is 4.90 Å². The minimum absolute atomic E-state index is 0.0506. The molecular formula is C23H26ClN3O6S. The molecule has 34 heavy (non-hydrogen) atoms. The molecule has 0 spiro atoms. The van der Waals surface area contributed by atoms with Crippen LogP contribution in [0.1, 0.15) is 31.2 Å². The molecule has 9 nitrogen and oxygen atoms in total. The smallest absolute Gasteiger partial charge is 0.331 e. The summed E-state index contributed by atoms with van der Waals surface area (Å²) in [6, 6.07) is 10.4. The van der Waals surface area contributed by atoms with Gasteiger partial charge in [-0.1, -0.05) is 29.3 Å². The molecule has 1 aliphatic rings. The second kappa shape index (κ2) is 11.6. The Balaban J connectivity index is 1.70. The fourth-order valence-electron chi connectivity index (χ4n) is 3.36. The molecule has 3 N–H and O–H groups in total. The van der Waals surface area contributed by atoms with Crippen molar-refractivity contribution in [2.24, 2.45) is 0 Å². The number of carbonyl (C=O) groups excluding carboxylic acids is 3. The third kappa shape index (κ3) is 7.36. The van der Waals surface area contributed by atoms with Gasteiger partial charge in [0.1, 0.15) is 12.1 Å². The Hall–Kier alpha value is -2.79. The van der Waals surface area contributed by atoms with E-state index in [4.69, 9.17) is 16.3 Å². The number of anilines is 1. The maximum Gasteiger partial charge on any atom is 0.331 e. The lowest BCUT2D eigenvalue weighted by Gasteiger charge is -2.18. The van der Waals surface area contributed by atoms with Gasteiger partial charge >= 0.3 is 11.9 Å². The Morgan fingerprint density at radius 2 is 1.79 bits per heavy atom. The van der Waals surface area contributed by atoms with Crippen molar-refractivity contribution in [3.63, 3.8) is 0 Å². The molecule has 1 heterocycles. The van der Waals surface area contributed by atoms with Gasteiger partial charge in [-0.3, -0.25) is 4.79 Å². The highest BCUT2D eigenvalue weighted by atomic mass is 35.5. The summed E-state index contributed by atoms with van der Waals surface area (Å²) in [4.78, 5) is 37.3. The standard InChI is InChI=1S/C23H26ClN3O6S/c1-15-4-10-18(11-5-15)34(31,32)27-20(23(30)33-22(29)19-3-2-14-25-19)12-13-21(28)26-17-8-6-16(24)7-9-17/h4-11,19-20,25,27H,2-3,12-14H2,1H3,(H,26,28)/t19-,20-/m0/s1. The van der Waals surface area contributed by atoms with Crippen LogP contribution in [0.25, 0.3) is 0 Å². The summed E-state index contributed by atoms with van der Waals surface area (Å²) in [7, 11) is -4.11. The van der Waals surface area contributed by atoms with Crippen molar-refractivity contribution in [1.29, 1.82) is 0 Å². The van der Waals surface area contributed by atoms with E-state index in [9.17, 15) is 22.8 Å². The molecule has 2 aromatic carbocycles. The predicted molar refractivity (Wildman–Crippen MR) is 127 cm³/mol. The summed E-state index contributed by atoms with van der Waals surface area (Å²) in [5.74, 6) is -2.28. The summed E-state index contributed by atoms with van der Waals surface area (Å²) >= 11 is 5.83. The summed E-state index contributed by atoms with van der Waals surface area (Å²) < 4.78 is 32.9. The predicted octanol–water partition coefficient (Wildman–Crippen LogP) is 2.54. The molecule has 0 aliphatic carbocycles. The lowest BCUT2D eigenvalue weighted by atomic mass is 10.1. The van der Waals surface area contributed by atoms with E-state index in [1.54, 1.807) is 36.4 Å². The number of carbonyl (C=O) groups is 3. The Morgan fingerprint density at radius 3 is 2.41 bits per heavy atom. The SMILES string of the molecule is Cc1ccc(S(=O)(=O)N[C@@H](CCC(=O)Nc2ccc(Cl)cc2)C(=O)OC(=O)[C@@H]2CCCN2)cc1. The lowest BCUT2D eigenvalue weighted by molar-refractivity contribution is -0.162. The van der Waals surface area contributed by atoms with Gasteiger partial charge in [0.2, 0.25) is 15.9 Å². The quantitative estimate of drug-likeness (QED) is 0.351. The largest absolute Gasteiger partial charge is 0.391 e. The zero-order valence-electron chi connectivity index (χ0n) is 18.5. The van der Waals surface area contributed by atoms with E-state index in [1.165, 1.54) is 12.1 Å². The van der Waals surface area contributed by atoms with Crippen LogP contribution < -0.4 is 15.4 Å². The van der Waals surface area contributed by atoms with Crippen LogP contribution in [-0.4, -0.2) is 44.9 Å². The molecule has 3 rings (SSSR count). The van der Waals surface area contributed by atoms with Crippen molar-refractivity contribution in [2.75, 3.05) is 11.9 Å². The summed E-state index contributed by atoms with van der Waals surface area (Å²) in [5.41, 5.74) is 1.36. The number of ether oxygens (including phenoxy) is 1. The minimum atomic E-state index is -4.11. The summed E-state index contributed by atoms with van der Waals surface area (Å²) in [6.07, 6.45) is 0.876. The molecule has 1 amide bonds. The van der Waals surface area contributed by atoms with Gasteiger partial charge in [-0.05, 0) is 69.1 Å². The van der Waals surface area contributed by atoms with E-state index in [0.717, 1.165) is 12.0 Å². The van der Waals surface area contributed by atoms with E-state index in [-0.39, 0.29) is 17.7 Å². The van der Waals surface area contributed by atoms with Gasteiger partial charge in [0, 0.05) is 17.1 Å². The molecule has 0 radical (unpaired) electrons. The third-order valence-corrected chi connectivity index (χ3v) is 6.99. The summed E-state index contributed by atoms with van der Waals surface area (Å²) in [6.45, 7) is 2.44. The third-order valence-electron chi connectivity index (χ3n) is 5.25. The van der Waals surface area contributed by atoms with Crippen LogP contribution in [0.5, 0.6) is 0 Å². The Labute approximate surface area is 203 Å². The highest BCUT2D eigenvalue weighted by Crippen LogP contribution is 2.16. The van der Waals surface area contributed by atoms with Crippen LogP contribution in [0.3, 0.4) is 0 Å². The van der Waals surface area contributed by atoms with Crippen molar-refractivity contribution in [3.05, 3.63) is 59.1 Å². The van der Waals surface area contributed by atoms with Crippen molar-refractivity contribution < 1.29 is 27.5 Å². The molecule has 1 saturated heterocycles. The number of rotatable bonds is 9. The zero-order chi connectivity index (χ0) is 24.7. The van der Waals surface area contributed by atoms with Gasteiger partial charge in [-0.25, -0.2) is 18.0 Å². The number of hydrogen-bond donors (Lipinski definition) is 3. The highest BCUT2D eigenvalue weighted by molar-refractivity contribution is 7.89. The molecule has 0 aromatic heterocycles. The van der Waals surface area contributed by atoms with Gasteiger partial charge in [-0.15, -0.1) is 0 Å². The van der Waals surface area contributed by atoms with Crippen LogP contribution >= 0.6 is 11.6 Å². The number of esters is 2. The van der Waals surface area contributed by atoms with Crippen LogP contribution in [-0.2, 0) is 29.1 Å². The molecular weight excluding hydrogens is 482 g/mol. The average Bonchev–Trinajstić information content (AvgIpc) is 3.33. The first-order valence-electron chi connectivity index (χ1n) is 10.8. The molecule has 1 fully saturated rings. The fourth-order valence-corrected chi connectivity index (χ4v) is 4.70. The minimum Gasteiger partial charge on any atom is -0.391 e. The Kier molecular flexibility index (Phi) is 8.78. The molecule has 0 saturated carbocycles. The van der Waals surface area contributed by atoms with E-state index >= 15 is 0 Å². The monoisotopic (exact) mass is 507 g/mol. The normalized spacial score (nSPS) is 16.6. The number of benzene rings is 2. The first-order chi connectivity index (χ1) is 16.1. The average molecular weight is 508 g/mol. The van der Waals surface area contributed by atoms with E-state index < -0.39 is 40.0 Å². The fraction of sp³-hybridized carbons (Fsp3) is 0.348. The van der Waals surface area contributed by atoms with E-state index in [1.807, 2.05) is 6.92 Å². The van der Waals surface area contributed by atoms with Gasteiger partial charge in [0.25, 0.3) is 0 Å². The van der Waals surface area contributed by atoms with Crippen molar-refractivity contribution in [3.8, 4) is 0 Å². The van der Waals surface area contributed by atoms with Crippen LogP contribution in [0, 0.1) is 6.92 Å². The molecule has 11 heteroatoms. The maximum atomic E-state index is 12.8. The van der Waals surface area contributed by atoms with E-state index in [2.05, 4.69) is 15.4 Å². The number of nitrogens with one attached hydrogen (secondary N) is 3. The second-order valence-corrected chi connectivity index (χ2v) is 10.1. The maximum absolute atomic E-state index is 12.8. The lowest BCUT2D eigenvalue weighted by Crippen LogP contribution is -2.45. The van der Waals surface area contributed by atoms with Crippen LogP contribution in [0.4, 0.5) is 5.69 Å². The van der Waals surface area contributed by atoms with Crippen molar-refractivity contribution in [1.82, 2.24) is 10.0 Å². The zero-order valence-corrected chi connectivity index (χ0v) is 20.1. The Morgan fingerprint density at radius 1 is 1.12 bits per heavy atom. The van der Waals surface area contributed by atoms with E-state index in [0.29, 0.717) is 23.7 Å². The summed E-state index contributed by atoms with van der Waals surface area (Å²) in [5, 5.41) is 6.08. The first-order valence-corrected chi connectivity index (χ1v) is 12.6. The number of sulfonamides is 1. The van der Waals surface area contributed by atoms with Crippen molar-refractivity contribution in [2.45, 2.75) is 49.6 Å². The molecule has 1 aliphatic heterocycles. The van der Waals surface area contributed by atoms with Gasteiger partial charge in [0.15, 0.2) is 0 Å². The van der Waals surface area contributed by atoms with Crippen LogP contribution in [0.2, 0.25) is 5.02 Å². The molecule has 0 bridgehead atoms. The molecule has 182 valence electrons. The number of halogens is 1. The second-order valence-electron chi connectivity index (χ2n) is 7.97. The Bertz CT molecular complexity index is 1130. The molecule has 2 atom stereocenters. The topological polar surface area (TPSA) is 131 Å². The molecule has 0 unspecified atom stereocenters. The van der Waals surface area contributed by atoms with Gasteiger partial charge < -0.3 is 15.4 Å². The number of aryl methyl sites for hydroxylation is 1. The molecule has 2 aromatic rings. The number of hydrogen-bond acceptors (Lipinski definition) is 7. The van der Waals surface area contributed by atoms with Gasteiger partial charge in [-0.2, -0.15) is 4.72 Å². The van der Waals surface area contributed by atoms with Crippen molar-refractivity contribution >= 4 is 45.2 Å². The highest BCUT2D eigenvalue weighted by Gasteiger charge is 2.32. The van der Waals surface area contributed by atoms with Crippen LogP contribution in [0.15, 0.2) is 53.4 Å². The number of amides is 1. The first kappa shape index (κ1) is 25.8.